The summed E-state index contributed by atoms with van der Waals surface area (Å²) in [6.45, 7) is 4.32. The number of imidazole rings is 1. The lowest BCUT2D eigenvalue weighted by molar-refractivity contribution is 0.325. The summed E-state index contributed by atoms with van der Waals surface area (Å²) in [5, 5.41) is 3.81. The predicted octanol–water partition coefficient (Wildman–Crippen LogP) is 3.77. The number of aromatic nitrogens is 2. The minimum absolute atomic E-state index is 0.427. The first-order valence-electron chi connectivity index (χ1n) is 7.93. The van der Waals surface area contributed by atoms with E-state index in [-0.39, 0.29) is 0 Å². The smallest absolute Gasteiger partial charge is 0.124 e. The molecule has 1 aromatic heterocycles. The first kappa shape index (κ1) is 12.4. The van der Waals surface area contributed by atoms with E-state index in [0.717, 1.165) is 23.3 Å². The maximum Gasteiger partial charge on any atom is 0.124 e. The number of nitrogens with one attached hydrogen (secondary N) is 2. The summed E-state index contributed by atoms with van der Waals surface area (Å²) in [6, 6.07) is 5.58. The van der Waals surface area contributed by atoms with Crippen LogP contribution >= 0.6 is 0 Å². The van der Waals surface area contributed by atoms with Gasteiger partial charge in [-0.15, -0.1) is 0 Å². The van der Waals surface area contributed by atoms with Crippen molar-refractivity contribution in [2.75, 3.05) is 0 Å². The molecule has 1 aliphatic carbocycles. The molecule has 4 rings (SSSR count). The van der Waals surface area contributed by atoms with E-state index in [1.165, 1.54) is 48.7 Å². The largest absolute Gasteiger partial charge is 0.341 e. The van der Waals surface area contributed by atoms with Gasteiger partial charge in [0.25, 0.3) is 0 Å². The minimum atomic E-state index is 0.427. The molecule has 2 aliphatic rings. The van der Waals surface area contributed by atoms with Gasteiger partial charge in [-0.2, -0.15) is 0 Å². The van der Waals surface area contributed by atoms with Crippen LogP contribution in [-0.4, -0.2) is 16.0 Å². The summed E-state index contributed by atoms with van der Waals surface area (Å²) >= 11 is 0. The van der Waals surface area contributed by atoms with Gasteiger partial charge in [0.15, 0.2) is 0 Å². The summed E-state index contributed by atoms with van der Waals surface area (Å²) in [4.78, 5) is 8.38. The molecule has 20 heavy (non-hydrogen) atoms. The molecule has 0 bridgehead atoms. The highest BCUT2D eigenvalue weighted by atomic mass is 15.1. The molecule has 2 N–H and O–H groups in total. The van der Waals surface area contributed by atoms with Crippen molar-refractivity contribution in [3.63, 3.8) is 0 Å². The molecular formula is C17H23N3. The van der Waals surface area contributed by atoms with Crippen molar-refractivity contribution < 1.29 is 0 Å². The zero-order chi connectivity index (χ0) is 13.7. The molecule has 3 unspecified atom stereocenters. The number of fused-ring (bicyclic) bond motifs is 2. The van der Waals surface area contributed by atoms with E-state index < -0.39 is 0 Å². The van der Waals surface area contributed by atoms with Crippen LogP contribution in [0, 0.1) is 19.8 Å². The molecule has 3 atom stereocenters. The van der Waals surface area contributed by atoms with E-state index in [2.05, 4.69) is 36.3 Å². The summed E-state index contributed by atoms with van der Waals surface area (Å²) in [7, 11) is 0. The quantitative estimate of drug-likeness (QED) is 0.827. The van der Waals surface area contributed by atoms with E-state index in [9.17, 15) is 0 Å². The average molecular weight is 269 g/mol. The SMILES string of the molecule is Cc1cc2nc(C3CC4CCCCC4N3)[nH]c2cc1C. The molecule has 1 saturated carbocycles. The van der Waals surface area contributed by atoms with Crippen LogP contribution in [0.3, 0.4) is 0 Å². The summed E-state index contributed by atoms with van der Waals surface area (Å²) in [5.41, 5.74) is 4.95. The van der Waals surface area contributed by atoms with E-state index in [1.807, 2.05) is 0 Å². The van der Waals surface area contributed by atoms with Gasteiger partial charge in [-0.05, 0) is 62.3 Å². The highest BCUT2D eigenvalue weighted by Gasteiger charge is 2.36. The Morgan fingerprint density at radius 1 is 1.10 bits per heavy atom. The fraction of sp³-hybridized carbons (Fsp3) is 0.588. The van der Waals surface area contributed by atoms with Crippen molar-refractivity contribution >= 4 is 11.0 Å². The fourth-order valence-electron chi connectivity index (χ4n) is 3.98. The Hall–Kier alpha value is -1.35. The summed E-state index contributed by atoms with van der Waals surface area (Å²) in [5.74, 6) is 2.00. The zero-order valence-corrected chi connectivity index (χ0v) is 12.4. The van der Waals surface area contributed by atoms with E-state index >= 15 is 0 Å². The third-order valence-corrected chi connectivity index (χ3v) is 5.31. The number of aromatic amines is 1. The number of aryl methyl sites for hydroxylation is 2. The summed E-state index contributed by atoms with van der Waals surface area (Å²) in [6.07, 6.45) is 6.79. The van der Waals surface area contributed by atoms with Crippen LogP contribution in [-0.2, 0) is 0 Å². The second-order valence-electron chi connectivity index (χ2n) is 6.68. The van der Waals surface area contributed by atoms with Crippen LogP contribution in [0.25, 0.3) is 11.0 Å². The highest BCUT2D eigenvalue weighted by Crippen LogP contribution is 2.38. The third-order valence-electron chi connectivity index (χ3n) is 5.31. The number of H-pyrrole nitrogens is 1. The Balaban J connectivity index is 1.65. The van der Waals surface area contributed by atoms with Crippen molar-refractivity contribution in [1.29, 1.82) is 0 Å². The highest BCUT2D eigenvalue weighted by molar-refractivity contribution is 5.77. The van der Waals surface area contributed by atoms with Gasteiger partial charge in [-0.25, -0.2) is 4.98 Å². The van der Waals surface area contributed by atoms with E-state index in [4.69, 9.17) is 4.98 Å². The zero-order valence-electron chi connectivity index (χ0n) is 12.4. The Morgan fingerprint density at radius 2 is 1.90 bits per heavy atom. The molecule has 2 heterocycles. The Bertz CT molecular complexity index is 590. The van der Waals surface area contributed by atoms with E-state index in [0.29, 0.717) is 6.04 Å². The molecule has 2 aromatic rings. The van der Waals surface area contributed by atoms with Gasteiger partial charge < -0.3 is 10.3 Å². The van der Waals surface area contributed by atoms with Crippen molar-refractivity contribution in [3.05, 3.63) is 29.1 Å². The maximum absolute atomic E-state index is 4.84. The van der Waals surface area contributed by atoms with Crippen molar-refractivity contribution in [3.8, 4) is 0 Å². The van der Waals surface area contributed by atoms with Gasteiger partial charge >= 0.3 is 0 Å². The molecular weight excluding hydrogens is 246 g/mol. The fourth-order valence-corrected chi connectivity index (χ4v) is 3.98. The number of hydrogen-bond donors (Lipinski definition) is 2. The monoisotopic (exact) mass is 269 g/mol. The lowest BCUT2D eigenvalue weighted by Gasteiger charge is -2.24. The van der Waals surface area contributed by atoms with Crippen LogP contribution in [0.15, 0.2) is 12.1 Å². The molecule has 1 saturated heterocycles. The number of nitrogens with zero attached hydrogens (tertiary/aromatic N) is 1. The lowest BCUT2D eigenvalue weighted by Crippen LogP contribution is -2.30. The Morgan fingerprint density at radius 3 is 2.75 bits per heavy atom. The topological polar surface area (TPSA) is 40.7 Å². The molecule has 1 aromatic carbocycles. The molecule has 3 heteroatoms. The van der Waals surface area contributed by atoms with E-state index in [1.54, 1.807) is 0 Å². The number of rotatable bonds is 1. The van der Waals surface area contributed by atoms with Gasteiger partial charge in [-0.3, -0.25) is 0 Å². The second-order valence-corrected chi connectivity index (χ2v) is 6.68. The molecule has 3 nitrogen and oxygen atoms in total. The summed E-state index contributed by atoms with van der Waals surface area (Å²) < 4.78 is 0. The van der Waals surface area contributed by atoms with Crippen molar-refractivity contribution in [2.45, 2.75) is 58.0 Å². The van der Waals surface area contributed by atoms with Crippen LogP contribution in [0.2, 0.25) is 0 Å². The molecule has 1 aliphatic heterocycles. The molecule has 2 fully saturated rings. The number of benzene rings is 1. The van der Waals surface area contributed by atoms with Gasteiger partial charge in [0.1, 0.15) is 5.82 Å². The standard InChI is InChI=1S/C17H23N3/c1-10-7-14-15(8-11(10)2)20-17(19-14)16-9-12-5-3-4-6-13(12)18-16/h7-8,12-13,16,18H,3-6,9H2,1-2H3,(H,19,20). The molecule has 0 amide bonds. The average Bonchev–Trinajstić information content (AvgIpc) is 3.02. The molecule has 0 radical (unpaired) electrons. The second kappa shape index (κ2) is 4.59. The normalized spacial score (nSPS) is 29.8. The Kier molecular flexibility index (Phi) is 2.84. The van der Waals surface area contributed by atoms with Gasteiger partial charge in [0, 0.05) is 6.04 Å². The van der Waals surface area contributed by atoms with Gasteiger partial charge in [-0.1, -0.05) is 12.8 Å². The molecule has 106 valence electrons. The first-order valence-corrected chi connectivity index (χ1v) is 7.93. The third kappa shape index (κ3) is 1.96. The minimum Gasteiger partial charge on any atom is -0.341 e. The first-order chi connectivity index (χ1) is 9.70. The Labute approximate surface area is 120 Å². The van der Waals surface area contributed by atoms with Crippen LogP contribution in [0.1, 0.15) is 55.1 Å². The molecule has 0 spiro atoms. The van der Waals surface area contributed by atoms with Crippen LogP contribution < -0.4 is 5.32 Å². The van der Waals surface area contributed by atoms with Gasteiger partial charge in [0.05, 0.1) is 17.1 Å². The maximum atomic E-state index is 4.84. The number of hydrogen-bond acceptors (Lipinski definition) is 2. The van der Waals surface area contributed by atoms with Gasteiger partial charge in [0.2, 0.25) is 0 Å². The van der Waals surface area contributed by atoms with Crippen molar-refractivity contribution in [1.82, 2.24) is 15.3 Å². The van der Waals surface area contributed by atoms with Crippen molar-refractivity contribution in [2.24, 2.45) is 5.92 Å². The van der Waals surface area contributed by atoms with Crippen LogP contribution in [0.4, 0.5) is 0 Å². The predicted molar refractivity (Wildman–Crippen MR) is 81.8 cm³/mol. The van der Waals surface area contributed by atoms with Crippen LogP contribution in [0.5, 0.6) is 0 Å². The lowest BCUT2D eigenvalue weighted by atomic mass is 9.85.